The zero-order valence-electron chi connectivity index (χ0n) is 19.0. The van der Waals surface area contributed by atoms with Crippen LogP contribution >= 0.6 is 0 Å². The van der Waals surface area contributed by atoms with Gasteiger partial charge >= 0.3 is 0 Å². The van der Waals surface area contributed by atoms with Gasteiger partial charge in [0.15, 0.2) is 0 Å². The lowest BCUT2D eigenvalue weighted by molar-refractivity contribution is -0.134. The molecule has 1 aromatic heterocycles. The van der Waals surface area contributed by atoms with Crippen molar-refractivity contribution < 1.29 is 13.2 Å². The second kappa shape index (κ2) is 9.08. The minimum atomic E-state index is -3.83. The van der Waals surface area contributed by atoms with Gasteiger partial charge in [-0.25, -0.2) is 8.42 Å². The molecular formula is C27H27N3O3S. The summed E-state index contributed by atoms with van der Waals surface area (Å²) in [7, 11) is -3.83. The zero-order chi connectivity index (χ0) is 23.7. The van der Waals surface area contributed by atoms with E-state index < -0.39 is 10.0 Å². The highest BCUT2D eigenvalue weighted by Gasteiger charge is 2.34. The number of fused-ring (bicyclic) bond motifs is 2. The highest BCUT2D eigenvalue weighted by molar-refractivity contribution is 7.89. The van der Waals surface area contributed by atoms with Gasteiger partial charge in [-0.3, -0.25) is 4.79 Å². The topological polar surface area (TPSA) is 62.6 Å². The third-order valence-corrected chi connectivity index (χ3v) is 8.41. The van der Waals surface area contributed by atoms with Crippen molar-refractivity contribution in [3.63, 3.8) is 0 Å². The van der Waals surface area contributed by atoms with E-state index in [1.54, 1.807) is 19.1 Å². The molecule has 0 saturated carbocycles. The molecule has 0 radical (unpaired) electrons. The lowest BCUT2D eigenvalue weighted by Crippen LogP contribution is -2.47. The van der Waals surface area contributed by atoms with E-state index in [-0.39, 0.29) is 29.9 Å². The minimum Gasteiger partial charge on any atom is -0.348 e. The fourth-order valence-electron chi connectivity index (χ4n) is 4.72. The molecule has 4 aromatic rings. The second-order valence-electron chi connectivity index (χ2n) is 8.47. The summed E-state index contributed by atoms with van der Waals surface area (Å²) in [5.74, 6) is -0.201. The summed E-state index contributed by atoms with van der Waals surface area (Å²) < 4.78 is 30.4. The van der Waals surface area contributed by atoms with Gasteiger partial charge in [-0.1, -0.05) is 67.6 Å². The quantitative estimate of drug-likeness (QED) is 0.420. The molecule has 5 rings (SSSR count). The molecule has 1 amide bonds. The number of carbonyl (C=O) groups excluding carboxylic acids is 1. The fraction of sp³-hybridized carbons (Fsp3) is 0.222. The van der Waals surface area contributed by atoms with Crippen LogP contribution in [0.25, 0.3) is 10.8 Å². The first-order valence-corrected chi connectivity index (χ1v) is 12.9. The summed E-state index contributed by atoms with van der Waals surface area (Å²) in [4.78, 5) is 15.6. The van der Waals surface area contributed by atoms with E-state index in [2.05, 4.69) is 4.57 Å². The predicted octanol–water partition coefficient (Wildman–Crippen LogP) is 4.28. The van der Waals surface area contributed by atoms with Crippen molar-refractivity contribution in [2.45, 2.75) is 24.4 Å². The van der Waals surface area contributed by atoms with Crippen molar-refractivity contribution in [2.24, 2.45) is 0 Å². The van der Waals surface area contributed by atoms with Crippen molar-refractivity contribution >= 4 is 26.7 Å². The Bertz CT molecular complexity index is 1430. The highest BCUT2D eigenvalue weighted by Crippen LogP contribution is 2.32. The monoisotopic (exact) mass is 473 g/mol. The first-order chi connectivity index (χ1) is 16.5. The van der Waals surface area contributed by atoms with Crippen molar-refractivity contribution in [3.8, 4) is 0 Å². The molecule has 34 heavy (non-hydrogen) atoms. The van der Waals surface area contributed by atoms with Gasteiger partial charge in [-0.05, 0) is 40.6 Å². The number of benzene rings is 3. The number of nitrogens with zero attached hydrogens (tertiary/aromatic N) is 3. The molecule has 7 heteroatoms. The first-order valence-electron chi connectivity index (χ1n) is 11.5. The Morgan fingerprint density at radius 3 is 2.41 bits per heavy atom. The number of rotatable bonds is 6. The summed E-state index contributed by atoms with van der Waals surface area (Å²) in [6.45, 7) is 2.98. The SMILES string of the molecule is CCN(CC(=O)N1CCn2cccc2C1c1ccccc1)S(=O)(=O)c1ccc2ccccc2c1. The number of carbonyl (C=O) groups is 1. The Kier molecular flexibility index (Phi) is 5.98. The minimum absolute atomic E-state index is 0.199. The van der Waals surface area contributed by atoms with Crippen LogP contribution in [0.3, 0.4) is 0 Å². The molecule has 1 atom stereocenters. The van der Waals surface area contributed by atoms with Gasteiger partial charge in [0.1, 0.15) is 0 Å². The Morgan fingerprint density at radius 2 is 1.65 bits per heavy atom. The zero-order valence-corrected chi connectivity index (χ0v) is 19.9. The molecule has 0 fully saturated rings. The van der Waals surface area contributed by atoms with E-state index in [0.717, 1.165) is 22.0 Å². The van der Waals surface area contributed by atoms with E-state index in [0.29, 0.717) is 13.1 Å². The van der Waals surface area contributed by atoms with E-state index in [1.165, 1.54) is 4.31 Å². The maximum Gasteiger partial charge on any atom is 0.243 e. The molecule has 2 heterocycles. The standard InChI is InChI=1S/C27H27N3O3S/c1-2-29(34(32,33)24-15-14-21-9-6-7-12-23(21)19-24)20-26(31)30-18-17-28-16-8-13-25(28)27(30)22-10-4-3-5-11-22/h3-16,19,27H,2,17-18,20H2,1H3. The van der Waals surface area contributed by atoms with Crippen LogP contribution in [-0.2, 0) is 21.4 Å². The van der Waals surface area contributed by atoms with E-state index in [9.17, 15) is 13.2 Å². The lowest BCUT2D eigenvalue weighted by atomic mass is 10.00. The third kappa shape index (κ3) is 4.02. The number of hydrogen-bond acceptors (Lipinski definition) is 3. The van der Waals surface area contributed by atoms with Gasteiger partial charge in [0, 0.05) is 31.5 Å². The van der Waals surface area contributed by atoms with Gasteiger partial charge in [-0.15, -0.1) is 0 Å². The van der Waals surface area contributed by atoms with Crippen LogP contribution < -0.4 is 0 Å². The van der Waals surface area contributed by atoms with Crippen molar-refractivity contribution in [2.75, 3.05) is 19.6 Å². The Morgan fingerprint density at radius 1 is 0.912 bits per heavy atom. The number of sulfonamides is 1. The van der Waals surface area contributed by atoms with Gasteiger partial charge in [0.05, 0.1) is 17.5 Å². The van der Waals surface area contributed by atoms with E-state index in [1.807, 2.05) is 83.9 Å². The van der Waals surface area contributed by atoms with Crippen molar-refractivity contribution in [3.05, 3.63) is 102 Å². The van der Waals surface area contributed by atoms with Gasteiger partial charge in [-0.2, -0.15) is 4.31 Å². The molecule has 1 aliphatic rings. The summed E-state index contributed by atoms with van der Waals surface area (Å²) in [6, 6.07) is 26.4. The van der Waals surface area contributed by atoms with Crippen molar-refractivity contribution in [1.82, 2.24) is 13.8 Å². The normalized spacial score (nSPS) is 16.1. The molecule has 174 valence electrons. The molecule has 0 N–H and O–H groups in total. The molecule has 3 aromatic carbocycles. The van der Waals surface area contributed by atoms with Crippen LogP contribution in [0.2, 0.25) is 0 Å². The van der Waals surface area contributed by atoms with Crippen LogP contribution in [0.5, 0.6) is 0 Å². The number of aromatic nitrogens is 1. The smallest absolute Gasteiger partial charge is 0.243 e. The van der Waals surface area contributed by atoms with E-state index in [4.69, 9.17) is 0 Å². The Labute approximate surface area is 200 Å². The maximum atomic E-state index is 13.6. The summed E-state index contributed by atoms with van der Waals surface area (Å²) in [5, 5.41) is 1.83. The number of hydrogen-bond donors (Lipinski definition) is 0. The van der Waals surface area contributed by atoms with Gasteiger partial charge < -0.3 is 9.47 Å². The number of likely N-dealkylation sites (N-methyl/N-ethyl adjacent to an activating group) is 1. The third-order valence-electron chi connectivity index (χ3n) is 6.50. The highest BCUT2D eigenvalue weighted by atomic mass is 32.2. The predicted molar refractivity (Wildman–Crippen MR) is 133 cm³/mol. The van der Waals surface area contributed by atoms with Gasteiger partial charge in [0.2, 0.25) is 15.9 Å². The average Bonchev–Trinajstić information content (AvgIpc) is 3.35. The average molecular weight is 474 g/mol. The van der Waals surface area contributed by atoms with Crippen LogP contribution in [0, 0.1) is 0 Å². The Hall–Kier alpha value is -3.42. The summed E-state index contributed by atoms with van der Waals surface area (Å²) in [5.41, 5.74) is 2.04. The molecule has 0 saturated heterocycles. The summed E-state index contributed by atoms with van der Waals surface area (Å²) >= 11 is 0. The molecule has 6 nitrogen and oxygen atoms in total. The molecule has 0 aliphatic carbocycles. The molecule has 1 unspecified atom stereocenters. The van der Waals surface area contributed by atoms with Crippen molar-refractivity contribution in [1.29, 1.82) is 0 Å². The molecular weight excluding hydrogens is 446 g/mol. The van der Waals surface area contributed by atoms with Crippen LogP contribution in [-0.4, -0.2) is 47.7 Å². The first kappa shape index (κ1) is 22.4. The van der Waals surface area contributed by atoms with E-state index >= 15 is 0 Å². The molecule has 0 spiro atoms. The molecule has 1 aliphatic heterocycles. The second-order valence-corrected chi connectivity index (χ2v) is 10.4. The van der Waals surface area contributed by atoms with Crippen LogP contribution in [0.4, 0.5) is 0 Å². The summed E-state index contributed by atoms with van der Waals surface area (Å²) in [6.07, 6.45) is 2.02. The molecule has 0 bridgehead atoms. The maximum absolute atomic E-state index is 13.6. The largest absolute Gasteiger partial charge is 0.348 e. The van der Waals surface area contributed by atoms with Crippen LogP contribution in [0.1, 0.15) is 24.2 Å². The number of amides is 1. The van der Waals surface area contributed by atoms with Crippen LogP contribution in [0.15, 0.2) is 96.0 Å². The fourth-order valence-corrected chi connectivity index (χ4v) is 6.16. The lowest BCUT2D eigenvalue weighted by Gasteiger charge is -2.38. The van der Waals surface area contributed by atoms with Gasteiger partial charge in [0.25, 0.3) is 0 Å². The Balaban J connectivity index is 1.44.